The Balaban J connectivity index is 0.000000133. The van der Waals surface area contributed by atoms with Crippen LogP contribution >= 0.6 is 0 Å². The van der Waals surface area contributed by atoms with Gasteiger partial charge in [-0.3, -0.25) is 0 Å². The number of para-hydroxylation sites is 10. The molecular weight excluding hydrogens is 1150 g/mol. The molecule has 0 radical (unpaired) electrons. The van der Waals surface area contributed by atoms with Crippen molar-refractivity contribution in [2.45, 2.75) is 0 Å². The summed E-state index contributed by atoms with van der Waals surface area (Å²) in [6.45, 7) is 8.32. The number of nitriles is 1. The molecule has 0 saturated heterocycles. The molecule has 0 aliphatic rings. The predicted octanol–water partition coefficient (Wildman–Crippen LogP) is 23.3. The molecule has 0 bridgehead atoms. The van der Waals surface area contributed by atoms with Crippen LogP contribution < -0.4 is 0 Å². The van der Waals surface area contributed by atoms with Crippen LogP contribution in [0.2, 0.25) is 0 Å². The molecule has 0 aliphatic carbocycles. The van der Waals surface area contributed by atoms with Gasteiger partial charge in [0.1, 0.15) is 16.7 Å². The van der Waals surface area contributed by atoms with E-state index in [0.717, 1.165) is 144 Å². The average molecular weight is 1200 g/mol. The van der Waals surface area contributed by atoms with E-state index in [1.807, 2.05) is 42.5 Å². The summed E-state index contributed by atoms with van der Waals surface area (Å²) in [7, 11) is 0. The highest BCUT2D eigenvalue weighted by atomic mass is 16.3. The largest absolute Gasteiger partial charge is 0.456 e. The smallest absolute Gasteiger partial charge is 0.211 e. The standard InChI is InChI=1S/2C43H25N3O/c1-44-34-26-27(22-24-39(34)45-36-18-8-3-13-29(36)30-14-4-9-19-37(30)45)28-12-2-7-17-35(28)46-38-20-10-5-15-31(38)32-23-25-41-42(43(32)46)33-16-6-11-21-40(33)47-41;44-26-27-25-28(45-37-16-6-2-12-31(37)32-13-3-7-17-38(32)45)21-22-29(27)30-11-1-8-18-39(30)46-40-19-9-4-14-33(40)35-23-24-36-34-15-5-10-20-41(34)47-43(36)42(35)46/h2-26H;1-25H. The van der Waals surface area contributed by atoms with Gasteiger partial charge in [0.2, 0.25) is 5.69 Å². The minimum atomic E-state index is 0.606. The molecule has 0 spiro atoms. The minimum Gasteiger partial charge on any atom is -0.456 e. The highest BCUT2D eigenvalue weighted by Crippen LogP contribution is 2.46. The molecule has 8 heteroatoms. The number of hydrogen-bond acceptors (Lipinski definition) is 3. The zero-order valence-electron chi connectivity index (χ0n) is 50.4. The van der Waals surface area contributed by atoms with Crippen LogP contribution in [0.5, 0.6) is 0 Å². The summed E-state index contributed by atoms with van der Waals surface area (Å²) >= 11 is 0. The van der Waals surface area contributed by atoms with Gasteiger partial charge in [-0.2, -0.15) is 5.26 Å². The fraction of sp³-hybridized carbons (Fsp3) is 0. The molecule has 0 aliphatic heterocycles. The second-order valence-corrected chi connectivity index (χ2v) is 24.0. The van der Waals surface area contributed by atoms with E-state index in [-0.39, 0.29) is 0 Å². The first-order valence-corrected chi connectivity index (χ1v) is 31.5. The van der Waals surface area contributed by atoms with E-state index in [1.54, 1.807) is 0 Å². The molecule has 0 atom stereocenters. The van der Waals surface area contributed by atoms with Crippen LogP contribution in [0.1, 0.15) is 5.56 Å². The lowest BCUT2D eigenvalue weighted by atomic mass is 9.97. The van der Waals surface area contributed by atoms with Gasteiger partial charge in [-0.25, -0.2) is 4.85 Å². The second-order valence-electron chi connectivity index (χ2n) is 24.0. The van der Waals surface area contributed by atoms with Crippen molar-refractivity contribution in [3.05, 3.63) is 320 Å². The summed E-state index contributed by atoms with van der Waals surface area (Å²) in [5.74, 6) is 0. The van der Waals surface area contributed by atoms with E-state index in [4.69, 9.17) is 15.4 Å². The van der Waals surface area contributed by atoms with Gasteiger partial charge in [0.15, 0.2) is 5.58 Å². The molecule has 436 valence electrons. The van der Waals surface area contributed by atoms with Gasteiger partial charge in [0.25, 0.3) is 0 Å². The first kappa shape index (κ1) is 52.8. The van der Waals surface area contributed by atoms with E-state index in [2.05, 4.69) is 290 Å². The molecule has 6 aromatic heterocycles. The molecule has 0 N–H and O–H groups in total. The Kier molecular flexibility index (Phi) is 11.6. The van der Waals surface area contributed by atoms with Gasteiger partial charge in [-0.05, 0) is 109 Å². The van der Waals surface area contributed by atoms with Gasteiger partial charge < -0.3 is 27.1 Å². The van der Waals surface area contributed by atoms with Crippen molar-refractivity contribution >= 4 is 137 Å². The minimum absolute atomic E-state index is 0.606. The lowest BCUT2D eigenvalue weighted by molar-refractivity contribution is 0.669. The Hall–Kier alpha value is -13.1. The van der Waals surface area contributed by atoms with Crippen molar-refractivity contribution < 1.29 is 8.83 Å². The maximum absolute atomic E-state index is 10.6. The summed E-state index contributed by atoms with van der Waals surface area (Å²) in [5, 5.41) is 24.4. The lowest BCUT2D eigenvalue weighted by Gasteiger charge is -2.16. The second kappa shape index (κ2) is 20.7. The van der Waals surface area contributed by atoms with E-state index in [9.17, 15) is 5.26 Å². The van der Waals surface area contributed by atoms with Crippen LogP contribution in [0, 0.1) is 17.9 Å². The maximum Gasteiger partial charge on any atom is 0.211 e. The van der Waals surface area contributed by atoms with E-state index in [0.29, 0.717) is 11.3 Å². The monoisotopic (exact) mass is 1200 g/mol. The number of hydrogen-bond donors (Lipinski definition) is 0. The Morgan fingerprint density at radius 3 is 1.35 bits per heavy atom. The van der Waals surface area contributed by atoms with E-state index < -0.39 is 0 Å². The molecule has 0 amide bonds. The van der Waals surface area contributed by atoms with E-state index >= 15 is 0 Å². The molecule has 0 saturated carbocycles. The first-order chi connectivity index (χ1) is 46.6. The molecule has 20 rings (SSSR count). The number of fused-ring (bicyclic) bond motifs is 20. The molecule has 8 nitrogen and oxygen atoms in total. The quantitative estimate of drug-likeness (QED) is 0.156. The highest BCUT2D eigenvalue weighted by molar-refractivity contribution is 6.25. The Labute approximate surface area is 537 Å². The first-order valence-electron chi connectivity index (χ1n) is 31.5. The van der Waals surface area contributed by atoms with Gasteiger partial charge in [0.05, 0.1) is 84.8 Å². The number of benzene rings is 14. The zero-order chi connectivity index (χ0) is 62.1. The van der Waals surface area contributed by atoms with E-state index in [1.165, 1.54) is 32.3 Å². The number of rotatable bonds is 6. The van der Waals surface area contributed by atoms with Crippen molar-refractivity contribution in [3.63, 3.8) is 0 Å². The van der Waals surface area contributed by atoms with Crippen LogP contribution in [-0.2, 0) is 0 Å². The third-order valence-corrected chi connectivity index (χ3v) is 19.1. The number of aromatic nitrogens is 4. The van der Waals surface area contributed by atoms with Gasteiger partial charge in [0, 0.05) is 81.6 Å². The number of nitrogens with zero attached hydrogens (tertiary/aromatic N) is 6. The lowest BCUT2D eigenvalue weighted by Crippen LogP contribution is -2.00. The Morgan fingerprint density at radius 1 is 0.309 bits per heavy atom. The molecule has 0 fully saturated rings. The molecule has 0 unspecified atom stereocenters. The molecule has 14 aromatic carbocycles. The molecule has 20 aromatic rings. The molecule has 6 heterocycles. The van der Waals surface area contributed by atoms with Crippen molar-refractivity contribution in [1.82, 2.24) is 18.3 Å². The van der Waals surface area contributed by atoms with Gasteiger partial charge in [-0.15, -0.1) is 0 Å². The van der Waals surface area contributed by atoms with Crippen LogP contribution in [0.15, 0.2) is 312 Å². The number of furan rings is 2. The Morgan fingerprint density at radius 2 is 0.755 bits per heavy atom. The van der Waals surface area contributed by atoms with Crippen LogP contribution in [0.4, 0.5) is 5.69 Å². The van der Waals surface area contributed by atoms with Crippen LogP contribution in [0.25, 0.3) is 181 Å². The normalized spacial score (nSPS) is 11.8. The summed E-state index contributed by atoms with van der Waals surface area (Å²) in [6, 6.07) is 108. The van der Waals surface area contributed by atoms with Crippen molar-refractivity contribution in [3.8, 4) is 51.1 Å². The summed E-state index contributed by atoms with van der Waals surface area (Å²) in [6.07, 6.45) is 0. The van der Waals surface area contributed by atoms with Gasteiger partial charge >= 0.3 is 0 Å². The Bertz CT molecular complexity index is 6560. The zero-order valence-corrected chi connectivity index (χ0v) is 50.4. The summed E-state index contributed by atoms with van der Waals surface area (Å²) in [4.78, 5) is 4.10. The predicted molar refractivity (Wildman–Crippen MR) is 387 cm³/mol. The molecular formula is C86H50N6O2. The third-order valence-electron chi connectivity index (χ3n) is 19.1. The van der Waals surface area contributed by atoms with Crippen molar-refractivity contribution in [1.29, 1.82) is 5.26 Å². The summed E-state index contributed by atoms with van der Waals surface area (Å²) < 4.78 is 22.1. The van der Waals surface area contributed by atoms with Gasteiger partial charge in [-0.1, -0.05) is 200 Å². The topological polar surface area (TPSA) is 74.2 Å². The molecule has 94 heavy (non-hydrogen) atoms. The van der Waals surface area contributed by atoms with Crippen molar-refractivity contribution in [2.24, 2.45) is 0 Å². The highest BCUT2D eigenvalue weighted by Gasteiger charge is 2.25. The fourth-order valence-corrected chi connectivity index (χ4v) is 15.2. The average Bonchev–Trinajstić information content (AvgIpc) is 1.57. The van der Waals surface area contributed by atoms with Crippen LogP contribution in [-0.4, -0.2) is 18.3 Å². The fourth-order valence-electron chi connectivity index (χ4n) is 15.2. The van der Waals surface area contributed by atoms with Crippen LogP contribution in [0.3, 0.4) is 0 Å². The maximum atomic E-state index is 10.6. The third kappa shape index (κ3) is 7.72. The van der Waals surface area contributed by atoms with Crippen molar-refractivity contribution in [2.75, 3.05) is 0 Å². The SMILES string of the molecule is N#Cc1cc(-n2c3ccccc3c3ccccc32)ccc1-c1ccccc1-n1c2ccccc2c2ccc3c4ccccc4oc3c21.[C-]#[N+]c1cc(-c2ccccc2-n2c3ccccc3c3ccc4oc5ccccc5c4c32)ccc1-n1c2ccccc2c2ccccc21. The summed E-state index contributed by atoms with van der Waals surface area (Å²) in [5.41, 5.74) is 21.3.